The summed E-state index contributed by atoms with van der Waals surface area (Å²) in [5.41, 5.74) is 0.952. The van der Waals surface area contributed by atoms with Crippen LogP contribution in [0.1, 0.15) is 5.69 Å². The highest BCUT2D eigenvalue weighted by Gasteiger charge is 2.18. The molecule has 0 fully saturated rings. The van der Waals surface area contributed by atoms with Crippen molar-refractivity contribution in [3.8, 4) is 0 Å². The van der Waals surface area contributed by atoms with Gasteiger partial charge in [-0.05, 0) is 0 Å². The Morgan fingerprint density at radius 3 is 3.00 bits per heavy atom. The molecule has 0 saturated heterocycles. The molecule has 1 aromatic heterocycles. The van der Waals surface area contributed by atoms with Gasteiger partial charge in [0.15, 0.2) is 0 Å². The summed E-state index contributed by atoms with van der Waals surface area (Å²) in [7, 11) is -0.323. The average Bonchev–Trinajstić information content (AvgIpc) is 2.53. The maximum absolute atomic E-state index is 11.1. The lowest BCUT2D eigenvalue weighted by Gasteiger charge is -1.90. The van der Waals surface area contributed by atoms with E-state index >= 15 is 0 Å². The second-order valence-corrected chi connectivity index (χ2v) is 3.67. The molecule has 1 aliphatic rings. The summed E-state index contributed by atoms with van der Waals surface area (Å²) in [5, 5.41) is 0. The third-order valence-corrected chi connectivity index (χ3v) is 2.93. The maximum atomic E-state index is 11.1. The number of hydrogen-bond donors (Lipinski definition) is 0. The Labute approximate surface area is 72.5 Å². The van der Waals surface area contributed by atoms with Gasteiger partial charge in [-0.3, -0.25) is 8.60 Å². The molecular weight excluding hydrogens is 179 g/mol. The lowest BCUT2D eigenvalue weighted by atomic mass is 10.3. The van der Waals surface area contributed by atoms with Crippen LogP contribution in [0.25, 0.3) is 0 Å². The molecule has 0 bridgehead atoms. The number of nitrogens with zero attached hydrogens (tertiary/aromatic N) is 2. The first kappa shape index (κ1) is 9.25. The van der Waals surface area contributed by atoms with Gasteiger partial charge in [0, 0.05) is 18.4 Å². The van der Waals surface area contributed by atoms with Gasteiger partial charge in [-0.25, -0.2) is 9.97 Å². The molecule has 0 aromatic carbocycles. The molecule has 12 heavy (non-hydrogen) atoms. The summed E-state index contributed by atoms with van der Waals surface area (Å²) in [5.74, 6) is 0.716. The molecule has 0 radical (unpaired) electrons. The van der Waals surface area contributed by atoms with E-state index in [2.05, 4.69) is 9.97 Å². The van der Waals surface area contributed by atoms with Crippen LogP contribution >= 0.6 is 0 Å². The minimum absolute atomic E-state index is 0.500. The van der Waals surface area contributed by atoms with Crippen molar-refractivity contribution in [1.82, 2.24) is 9.97 Å². The van der Waals surface area contributed by atoms with Crippen molar-refractivity contribution in [2.45, 2.75) is 11.3 Å². The molecule has 2 heterocycles. The van der Waals surface area contributed by atoms with Crippen LogP contribution in [-0.4, -0.2) is 27.1 Å². The van der Waals surface area contributed by atoms with Gasteiger partial charge in [0.2, 0.25) is 0 Å². The summed E-state index contributed by atoms with van der Waals surface area (Å²) in [4.78, 5) is 8.63. The third kappa shape index (κ3) is 1.66. The predicted molar refractivity (Wildman–Crippen MR) is 44.0 cm³/mol. The van der Waals surface area contributed by atoms with Crippen LogP contribution in [0.2, 0.25) is 0 Å². The molecule has 66 valence electrons. The second-order valence-electron chi connectivity index (χ2n) is 2.13. The molecule has 1 aromatic rings. The Kier molecular flexibility index (Phi) is 3.28. The minimum Gasteiger partial charge on any atom is -0.255 e. The van der Waals surface area contributed by atoms with Gasteiger partial charge in [-0.2, -0.15) is 0 Å². The van der Waals surface area contributed by atoms with Gasteiger partial charge < -0.3 is 0 Å². The molecule has 0 N–H and O–H groups in total. The number of aromatic nitrogens is 2. The minimum atomic E-state index is -0.823. The quantitative estimate of drug-likeness (QED) is 0.602. The van der Waals surface area contributed by atoms with E-state index in [0.717, 1.165) is 17.0 Å². The zero-order valence-electron chi connectivity index (χ0n) is 6.66. The first-order valence-electron chi connectivity index (χ1n) is 3.43. The Balaban J connectivity index is 0.000000336. The fourth-order valence-electron chi connectivity index (χ4n) is 1.02. The average molecular weight is 188 g/mol. The number of fused-ring (bicyclic) bond motifs is 1. The van der Waals surface area contributed by atoms with Crippen molar-refractivity contribution in [1.29, 1.82) is 0 Å². The summed E-state index contributed by atoms with van der Waals surface area (Å²) in [6.07, 6.45) is 3.98. The molecule has 3 nitrogen and oxygen atoms in total. The normalized spacial score (nSPS) is 19.3. The van der Waals surface area contributed by atoms with E-state index < -0.39 is 10.8 Å². The molecule has 0 spiro atoms. The molecule has 0 saturated carbocycles. The topological polar surface area (TPSA) is 42.9 Å². The molecular formula is C7H9FN2OS. The Bertz CT molecular complexity index is 292. The van der Waals surface area contributed by atoms with Crippen LogP contribution in [0, 0.1) is 0 Å². The molecule has 0 amide bonds. The van der Waals surface area contributed by atoms with Crippen molar-refractivity contribution in [2.75, 3.05) is 12.9 Å². The van der Waals surface area contributed by atoms with Crippen LogP contribution in [0.5, 0.6) is 0 Å². The Morgan fingerprint density at radius 2 is 2.33 bits per heavy atom. The van der Waals surface area contributed by atoms with Crippen LogP contribution in [0.3, 0.4) is 0 Å². The van der Waals surface area contributed by atoms with Crippen LogP contribution < -0.4 is 0 Å². The molecule has 1 atom stereocenters. The van der Waals surface area contributed by atoms with Gasteiger partial charge in [0.25, 0.3) is 0 Å². The van der Waals surface area contributed by atoms with Crippen molar-refractivity contribution >= 4 is 10.8 Å². The highest BCUT2D eigenvalue weighted by molar-refractivity contribution is 7.85. The van der Waals surface area contributed by atoms with E-state index in [4.69, 9.17) is 0 Å². The second kappa shape index (κ2) is 4.25. The monoisotopic (exact) mass is 188 g/mol. The maximum Gasteiger partial charge on any atom is 0.115 e. The highest BCUT2D eigenvalue weighted by Crippen LogP contribution is 2.17. The molecule has 1 unspecified atom stereocenters. The van der Waals surface area contributed by atoms with E-state index in [1.54, 1.807) is 6.20 Å². The van der Waals surface area contributed by atoms with Crippen LogP contribution in [0.15, 0.2) is 17.4 Å². The van der Waals surface area contributed by atoms with Crippen molar-refractivity contribution in [3.05, 3.63) is 18.2 Å². The van der Waals surface area contributed by atoms with Gasteiger partial charge in [0.05, 0.1) is 28.6 Å². The van der Waals surface area contributed by atoms with Crippen molar-refractivity contribution in [2.24, 2.45) is 0 Å². The van der Waals surface area contributed by atoms with Gasteiger partial charge in [-0.1, -0.05) is 0 Å². The molecule has 1 aliphatic heterocycles. The number of rotatable bonds is 0. The number of halogens is 1. The van der Waals surface area contributed by atoms with Gasteiger partial charge in [0.1, 0.15) is 6.33 Å². The third-order valence-electron chi connectivity index (χ3n) is 1.53. The first-order valence-corrected chi connectivity index (χ1v) is 4.75. The van der Waals surface area contributed by atoms with Crippen LogP contribution in [-0.2, 0) is 17.2 Å². The van der Waals surface area contributed by atoms with Crippen LogP contribution in [0.4, 0.5) is 4.39 Å². The van der Waals surface area contributed by atoms with E-state index in [0.29, 0.717) is 12.9 Å². The number of hydrogen-bond acceptors (Lipinski definition) is 3. The first-order chi connectivity index (χ1) is 5.88. The van der Waals surface area contributed by atoms with E-state index in [1.165, 1.54) is 6.33 Å². The molecule has 2 rings (SSSR count). The SMILES string of the molecule is CF.O=S1CCc2ncncc21. The van der Waals surface area contributed by atoms with Gasteiger partial charge >= 0.3 is 0 Å². The molecule has 5 heteroatoms. The highest BCUT2D eigenvalue weighted by atomic mass is 32.2. The Hall–Kier alpha value is -0.840. The Morgan fingerprint density at radius 1 is 1.58 bits per heavy atom. The smallest absolute Gasteiger partial charge is 0.115 e. The number of aryl methyl sites for hydroxylation is 1. The van der Waals surface area contributed by atoms with E-state index in [-0.39, 0.29) is 0 Å². The van der Waals surface area contributed by atoms with Crippen molar-refractivity contribution in [3.63, 3.8) is 0 Å². The lowest BCUT2D eigenvalue weighted by Crippen LogP contribution is -1.88. The molecule has 0 aliphatic carbocycles. The standard InChI is InChI=1S/C6H6N2OS.CH3F/c9-10-2-1-5-6(10)3-7-4-8-5;1-2/h3-4H,1-2H2;1H3. The fourth-order valence-corrected chi connectivity index (χ4v) is 2.21. The number of alkyl halides is 1. The van der Waals surface area contributed by atoms with Crippen molar-refractivity contribution < 1.29 is 8.60 Å². The summed E-state index contributed by atoms with van der Waals surface area (Å²) >= 11 is 0. The van der Waals surface area contributed by atoms with E-state index in [1.807, 2.05) is 0 Å². The summed E-state index contributed by atoms with van der Waals surface area (Å²) in [6, 6.07) is 0. The fraction of sp³-hybridized carbons (Fsp3) is 0.429. The van der Waals surface area contributed by atoms with Gasteiger partial charge in [-0.15, -0.1) is 0 Å². The zero-order valence-corrected chi connectivity index (χ0v) is 7.47. The summed E-state index contributed by atoms with van der Waals surface area (Å²) < 4.78 is 20.6. The van der Waals surface area contributed by atoms with E-state index in [9.17, 15) is 8.60 Å². The largest absolute Gasteiger partial charge is 0.255 e. The predicted octanol–water partition coefficient (Wildman–Crippen LogP) is 0.726. The summed E-state index contributed by atoms with van der Waals surface area (Å²) in [6.45, 7) is 0. The lowest BCUT2D eigenvalue weighted by molar-refractivity contribution is 0.636. The zero-order chi connectivity index (χ0) is 8.97.